The van der Waals surface area contributed by atoms with Gasteiger partial charge in [0.1, 0.15) is 11.7 Å². The second kappa shape index (κ2) is 4.75. The third-order valence-electron chi connectivity index (χ3n) is 2.11. The molecule has 0 aliphatic rings. The van der Waals surface area contributed by atoms with E-state index in [-0.39, 0.29) is 6.54 Å². The van der Waals surface area contributed by atoms with Crippen LogP contribution in [0.5, 0.6) is 5.75 Å². The zero-order valence-electron chi connectivity index (χ0n) is 8.73. The number of methoxy groups -OCH3 is 1. The van der Waals surface area contributed by atoms with E-state index in [9.17, 15) is 4.79 Å². The molecule has 0 radical (unpaired) electrons. The molecule has 0 amide bonds. The van der Waals surface area contributed by atoms with Crippen molar-refractivity contribution in [3.8, 4) is 5.75 Å². The van der Waals surface area contributed by atoms with Crippen LogP contribution in [0.4, 0.5) is 0 Å². The second-order valence-electron chi connectivity index (χ2n) is 3.17. The van der Waals surface area contributed by atoms with E-state index in [2.05, 4.69) is 4.98 Å². The van der Waals surface area contributed by atoms with Crippen LogP contribution in [0, 0.1) is 6.92 Å². The lowest BCUT2D eigenvalue weighted by molar-refractivity contribution is -0.138. The number of aromatic nitrogens is 1. The molecular formula is C10H14N2O3. The first-order valence-corrected chi connectivity index (χ1v) is 4.54. The van der Waals surface area contributed by atoms with E-state index in [1.807, 2.05) is 0 Å². The first-order chi connectivity index (χ1) is 7.10. The van der Waals surface area contributed by atoms with Gasteiger partial charge in [0.2, 0.25) is 0 Å². The van der Waals surface area contributed by atoms with E-state index in [4.69, 9.17) is 15.6 Å². The van der Waals surface area contributed by atoms with Crippen molar-refractivity contribution >= 4 is 5.97 Å². The number of nitrogens with two attached hydrogens (primary N) is 1. The van der Waals surface area contributed by atoms with Crippen molar-refractivity contribution in [3.05, 3.63) is 23.5 Å². The van der Waals surface area contributed by atoms with Crippen LogP contribution in [-0.4, -0.2) is 29.7 Å². The second-order valence-corrected chi connectivity index (χ2v) is 3.17. The molecule has 3 N–H and O–H groups in total. The number of carboxylic acids is 1. The van der Waals surface area contributed by atoms with Gasteiger partial charge in [-0.15, -0.1) is 0 Å². The lowest BCUT2D eigenvalue weighted by Gasteiger charge is -2.13. The van der Waals surface area contributed by atoms with Crippen molar-refractivity contribution in [1.29, 1.82) is 0 Å². The van der Waals surface area contributed by atoms with Crippen molar-refractivity contribution in [2.24, 2.45) is 5.73 Å². The molecular weight excluding hydrogens is 196 g/mol. The fourth-order valence-corrected chi connectivity index (χ4v) is 1.32. The summed E-state index contributed by atoms with van der Waals surface area (Å²) in [5.74, 6) is -1.35. The molecule has 0 fully saturated rings. The highest BCUT2D eigenvalue weighted by atomic mass is 16.5. The van der Waals surface area contributed by atoms with Crippen LogP contribution in [-0.2, 0) is 4.79 Å². The van der Waals surface area contributed by atoms with Crippen molar-refractivity contribution in [3.63, 3.8) is 0 Å². The third-order valence-corrected chi connectivity index (χ3v) is 2.11. The van der Waals surface area contributed by atoms with Gasteiger partial charge in [-0.05, 0) is 19.1 Å². The molecule has 0 bridgehead atoms. The van der Waals surface area contributed by atoms with E-state index in [1.54, 1.807) is 19.1 Å². The molecule has 5 heteroatoms. The van der Waals surface area contributed by atoms with Crippen LogP contribution in [0.3, 0.4) is 0 Å². The van der Waals surface area contributed by atoms with E-state index in [0.29, 0.717) is 11.4 Å². The number of carbonyl (C=O) groups is 1. The Bertz CT molecular complexity index is 366. The summed E-state index contributed by atoms with van der Waals surface area (Å²) in [5, 5.41) is 8.96. The topological polar surface area (TPSA) is 85.4 Å². The van der Waals surface area contributed by atoms with Crippen molar-refractivity contribution in [2.45, 2.75) is 12.8 Å². The van der Waals surface area contributed by atoms with Gasteiger partial charge in [0, 0.05) is 12.2 Å². The lowest BCUT2D eigenvalue weighted by Crippen LogP contribution is -2.23. The standard InChI is InChI=1S/C10H14N2O3/c1-6-3-4-8(15-2)9(12-6)7(5-11)10(13)14/h3-4,7H,5,11H2,1-2H3,(H,13,14). The molecule has 1 atom stereocenters. The molecule has 0 aliphatic carbocycles. The molecule has 0 saturated heterocycles. The highest BCUT2D eigenvalue weighted by Gasteiger charge is 2.23. The summed E-state index contributed by atoms with van der Waals surface area (Å²) in [4.78, 5) is 15.1. The first-order valence-electron chi connectivity index (χ1n) is 4.54. The molecule has 5 nitrogen and oxygen atoms in total. The van der Waals surface area contributed by atoms with Crippen molar-refractivity contribution < 1.29 is 14.6 Å². The molecule has 1 rings (SSSR count). The maximum absolute atomic E-state index is 10.9. The van der Waals surface area contributed by atoms with Crippen LogP contribution in [0.2, 0.25) is 0 Å². The summed E-state index contributed by atoms with van der Waals surface area (Å²) in [5.41, 5.74) is 6.53. The van der Waals surface area contributed by atoms with Gasteiger partial charge < -0.3 is 15.6 Å². The highest BCUT2D eigenvalue weighted by molar-refractivity contribution is 5.76. The Labute approximate surface area is 87.9 Å². The number of hydrogen-bond acceptors (Lipinski definition) is 4. The molecule has 82 valence electrons. The molecule has 1 aromatic rings. The van der Waals surface area contributed by atoms with Gasteiger partial charge in [-0.3, -0.25) is 9.78 Å². The maximum atomic E-state index is 10.9. The minimum atomic E-state index is -0.992. The van der Waals surface area contributed by atoms with Gasteiger partial charge in [-0.25, -0.2) is 0 Å². The minimum Gasteiger partial charge on any atom is -0.495 e. The molecule has 0 aromatic carbocycles. The Balaban J connectivity index is 3.19. The number of aliphatic carboxylic acids is 1. The monoisotopic (exact) mass is 210 g/mol. The Hall–Kier alpha value is -1.62. The number of pyridine rings is 1. The normalized spacial score (nSPS) is 12.2. The van der Waals surface area contributed by atoms with Gasteiger partial charge in [-0.2, -0.15) is 0 Å². The number of carboxylic acid groups (broad SMARTS) is 1. The SMILES string of the molecule is COc1ccc(C)nc1C(CN)C(=O)O. The van der Waals surface area contributed by atoms with Gasteiger partial charge in [0.25, 0.3) is 0 Å². The molecule has 0 aliphatic heterocycles. The number of aryl methyl sites for hydroxylation is 1. The number of nitrogens with zero attached hydrogens (tertiary/aromatic N) is 1. The fraction of sp³-hybridized carbons (Fsp3) is 0.400. The van der Waals surface area contributed by atoms with E-state index in [1.165, 1.54) is 7.11 Å². The summed E-state index contributed by atoms with van der Waals surface area (Å²) in [6.45, 7) is 1.79. The largest absolute Gasteiger partial charge is 0.495 e. The van der Waals surface area contributed by atoms with Crippen LogP contribution in [0.15, 0.2) is 12.1 Å². The quantitative estimate of drug-likeness (QED) is 0.757. The van der Waals surface area contributed by atoms with Crippen LogP contribution in [0.25, 0.3) is 0 Å². The van der Waals surface area contributed by atoms with E-state index >= 15 is 0 Å². The Kier molecular flexibility index (Phi) is 3.62. The Morgan fingerprint density at radius 2 is 2.33 bits per heavy atom. The average molecular weight is 210 g/mol. The van der Waals surface area contributed by atoms with Crippen LogP contribution < -0.4 is 10.5 Å². The third kappa shape index (κ3) is 2.44. The summed E-state index contributed by atoms with van der Waals surface area (Å²) in [6.07, 6.45) is 0. The molecule has 1 unspecified atom stereocenters. The zero-order chi connectivity index (χ0) is 11.4. The van der Waals surface area contributed by atoms with Crippen LogP contribution >= 0.6 is 0 Å². The van der Waals surface area contributed by atoms with E-state index < -0.39 is 11.9 Å². The minimum absolute atomic E-state index is 0.00213. The van der Waals surface area contributed by atoms with Crippen molar-refractivity contribution in [1.82, 2.24) is 4.98 Å². The predicted molar refractivity (Wildman–Crippen MR) is 55.0 cm³/mol. The zero-order valence-corrected chi connectivity index (χ0v) is 8.73. The number of hydrogen-bond donors (Lipinski definition) is 2. The number of ether oxygens (including phenoxy) is 1. The van der Waals surface area contributed by atoms with Crippen LogP contribution in [0.1, 0.15) is 17.3 Å². The van der Waals surface area contributed by atoms with Gasteiger partial charge >= 0.3 is 5.97 Å². The molecule has 0 saturated carbocycles. The smallest absolute Gasteiger partial charge is 0.314 e. The summed E-state index contributed by atoms with van der Waals surface area (Å²) in [6, 6.07) is 3.46. The molecule has 15 heavy (non-hydrogen) atoms. The molecule has 1 heterocycles. The lowest BCUT2D eigenvalue weighted by atomic mass is 10.0. The molecule has 1 aromatic heterocycles. The highest BCUT2D eigenvalue weighted by Crippen LogP contribution is 2.24. The van der Waals surface area contributed by atoms with Crippen molar-refractivity contribution in [2.75, 3.05) is 13.7 Å². The van der Waals surface area contributed by atoms with E-state index in [0.717, 1.165) is 5.69 Å². The Morgan fingerprint density at radius 1 is 1.67 bits per heavy atom. The first kappa shape index (κ1) is 11.5. The Morgan fingerprint density at radius 3 is 2.80 bits per heavy atom. The predicted octanol–water partition coefficient (Wildman–Crippen LogP) is 0.526. The summed E-state index contributed by atoms with van der Waals surface area (Å²) in [7, 11) is 1.48. The number of rotatable bonds is 4. The average Bonchev–Trinajstić information content (AvgIpc) is 2.18. The van der Waals surface area contributed by atoms with Gasteiger partial charge in [0.05, 0.1) is 12.8 Å². The summed E-state index contributed by atoms with van der Waals surface area (Å²) < 4.78 is 5.05. The maximum Gasteiger partial charge on any atom is 0.314 e. The summed E-state index contributed by atoms with van der Waals surface area (Å²) >= 11 is 0. The fourth-order valence-electron chi connectivity index (χ4n) is 1.32. The molecule has 0 spiro atoms. The van der Waals surface area contributed by atoms with Gasteiger partial charge in [0.15, 0.2) is 0 Å². The van der Waals surface area contributed by atoms with Gasteiger partial charge in [-0.1, -0.05) is 0 Å².